The summed E-state index contributed by atoms with van der Waals surface area (Å²) in [6.07, 6.45) is 1.61. The Morgan fingerprint density at radius 2 is 1.63 bits per heavy atom. The molecule has 0 unspecified atom stereocenters. The minimum absolute atomic E-state index is 0.0682. The van der Waals surface area contributed by atoms with E-state index in [0.717, 1.165) is 16.9 Å². The van der Waals surface area contributed by atoms with Crippen molar-refractivity contribution in [3.05, 3.63) is 95.4 Å². The second kappa shape index (κ2) is 8.85. The summed E-state index contributed by atoms with van der Waals surface area (Å²) in [6.45, 7) is 2.82. The van der Waals surface area contributed by atoms with Crippen molar-refractivity contribution in [3.8, 4) is 0 Å². The van der Waals surface area contributed by atoms with Crippen LogP contribution in [0.1, 0.15) is 34.2 Å². The van der Waals surface area contributed by atoms with Crippen LogP contribution in [0.2, 0.25) is 0 Å². The summed E-state index contributed by atoms with van der Waals surface area (Å²) in [5.41, 5.74) is 2.60. The molecular weight excluding hydrogens is 340 g/mol. The number of furan rings is 1. The van der Waals surface area contributed by atoms with E-state index >= 15 is 0 Å². The molecule has 0 atom stereocenters. The molecule has 0 aliphatic rings. The average molecular weight is 362 g/mol. The van der Waals surface area contributed by atoms with Crippen molar-refractivity contribution in [2.75, 3.05) is 0 Å². The standard InChI is InChI=1S/C22H22N2O3/c1-17(25)23-14-18-9-11-20(12-10-18)22(26)24(16-21-8-5-13-27-21)15-19-6-3-2-4-7-19/h2-13H,14-16H2,1H3,(H,23,25). The number of nitrogens with zero attached hydrogens (tertiary/aromatic N) is 1. The molecule has 27 heavy (non-hydrogen) atoms. The molecule has 3 aromatic rings. The minimum Gasteiger partial charge on any atom is -0.467 e. The van der Waals surface area contributed by atoms with E-state index in [1.54, 1.807) is 23.3 Å². The van der Waals surface area contributed by atoms with E-state index in [1.165, 1.54) is 6.92 Å². The maximum absolute atomic E-state index is 13.1. The molecule has 5 heteroatoms. The highest BCUT2D eigenvalue weighted by Gasteiger charge is 2.18. The van der Waals surface area contributed by atoms with Crippen molar-refractivity contribution in [3.63, 3.8) is 0 Å². The van der Waals surface area contributed by atoms with Crippen molar-refractivity contribution in [1.29, 1.82) is 0 Å². The maximum Gasteiger partial charge on any atom is 0.254 e. The third kappa shape index (κ3) is 5.31. The number of hydrogen-bond donors (Lipinski definition) is 1. The smallest absolute Gasteiger partial charge is 0.254 e. The number of rotatable bonds is 7. The van der Waals surface area contributed by atoms with Crippen LogP contribution in [0.4, 0.5) is 0 Å². The van der Waals surface area contributed by atoms with Crippen LogP contribution in [-0.2, 0) is 24.4 Å². The Morgan fingerprint density at radius 1 is 0.889 bits per heavy atom. The van der Waals surface area contributed by atoms with Crippen molar-refractivity contribution >= 4 is 11.8 Å². The van der Waals surface area contributed by atoms with Gasteiger partial charge in [-0.25, -0.2) is 0 Å². The summed E-state index contributed by atoms with van der Waals surface area (Å²) >= 11 is 0. The Labute approximate surface area is 158 Å². The molecule has 0 saturated heterocycles. The fraction of sp³-hybridized carbons (Fsp3) is 0.182. The van der Waals surface area contributed by atoms with Crippen LogP contribution < -0.4 is 5.32 Å². The summed E-state index contributed by atoms with van der Waals surface area (Å²) in [5.74, 6) is 0.588. The third-order valence-electron chi connectivity index (χ3n) is 4.17. The van der Waals surface area contributed by atoms with Crippen LogP contribution in [0.3, 0.4) is 0 Å². The molecule has 0 aliphatic carbocycles. The van der Waals surface area contributed by atoms with Gasteiger partial charge in [-0.05, 0) is 35.4 Å². The Morgan fingerprint density at radius 3 is 2.26 bits per heavy atom. The lowest BCUT2D eigenvalue weighted by Crippen LogP contribution is -2.30. The number of nitrogens with one attached hydrogen (secondary N) is 1. The highest BCUT2D eigenvalue weighted by Crippen LogP contribution is 2.15. The van der Waals surface area contributed by atoms with E-state index in [9.17, 15) is 9.59 Å². The van der Waals surface area contributed by atoms with Crippen molar-refractivity contribution < 1.29 is 14.0 Å². The Kier molecular flexibility index (Phi) is 6.05. The largest absolute Gasteiger partial charge is 0.467 e. The van der Waals surface area contributed by atoms with Gasteiger partial charge in [0.25, 0.3) is 5.91 Å². The van der Waals surface area contributed by atoms with Crippen LogP contribution >= 0.6 is 0 Å². The minimum atomic E-state index is -0.0809. The molecule has 3 rings (SSSR count). The molecule has 1 N–H and O–H groups in total. The number of hydrogen-bond acceptors (Lipinski definition) is 3. The van der Waals surface area contributed by atoms with Gasteiger partial charge in [-0.1, -0.05) is 42.5 Å². The van der Waals surface area contributed by atoms with Gasteiger partial charge in [0.1, 0.15) is 5.76 Å². The molecule has 5 nitrogen and oxygen atoms in total. The van der Waals surface area contributed by atoms with E-state index in [-0.39, 0.29) is 11.8 Å². The summed E-state index contributed by atoms with van der Waals surface area (Å²) in [6, 6.07) is 20.9. The van der Waals surface area contributed by atoms with Crippen LogP contribution in [0.15, 0.2) is 77.4 Å². The normalized spacial score (nSPS) is 10.4. The highest BCUT2D eigenvalue weighted by atomic mass is 16.3. The zero-order valence-electron chi connectivity index (χ0n) is 15.2. The van der Waals surface area contributed by atoms with Gasteiger partial charge in [0.2, 0.25) is 5.91 Å². The second-order valence-corrected chi connectivity index (χ2v) is 6.33. The van der Waals surface area contributed by atoms with Gasteiger partial charge >= 0.3 is 0 Å². The van der Waals surface area contributed by atoms with Gasteiger partial charge in [0, 0.05) is 25.6 Å². The monoisotopic (exact) mass is 362 g/mol. The molecule has 0 spiro atoms. The fourth-order valence-electron chi connectivity index (χ4n) is 2.77. The summed E-state index contributed by atoms with van der Waals surface area (Å²) in [7, 11) is 0. The molecule has 0 aliphatic heterocycles. The van der Waals surface area contributed by atoms with Gasteiger partial charge < -0.3 is 14.6 Å². The Bertz CT molecular complexity index is 872. The van der Waals surface area contributed by atoms with Gasteiger partial charge in [0.05, 0.1) is 12.8 Å². The third-order valence-corrected chi connectivity index (χ3v) is 4.17. The molecule has 0 radical (unpaired) electrons. The van der Waals surface area contributed by atoms with E-state index in [4.69, 9.17) is 4.42 Å². The Balaban J connectivity index is 1.76. The number of benzene rings is 2. The van der Waals surface area contributed by atoms with Gasteiger partial charge in [-0.2, -0.15) is 0 Å². The lowest BCUT2D eigenvalue weighted by molar-refractivity contribution is -0.119. The van der Waals surface area contributed by atoms with Crippen molar-refractivity contribution in [2.24, 2.45) is 0 Å². The first kappa shape index (κ1) is 18.5. The molecule has 2 aromatic carbocycles. The zero-order chi connectivity index (χ0) is 19.1. The lowest BCUT2D eigenvalue weighted by atomic mass is 10.1. The van der Waals surface area contributed by atoms with Crippen LogP contribution in [0.5, 0.6) is 0 Å². The van der Waals surface area contributed by atoms with E-state index in [0.29, 0.717) is 25.2 Å². The van der Waals surface area contributed by atoms with Gasteiger partial charge in [-0.15, -0.1) is 0 Å². The number of carbonyl (C=O) groups is 2. The predicted molar refractivity (Wildman–Crippen MR) is 103 cm³/mol. The first-order valence-electron chi connectivity index (χ1n) is 8.81. The molecule has 1 heterocycles. The van der Waals surface area contributed by atoms with E-state index in [2.05, 4.69) is 5.32 Å². The molecular formula is C22H22N2O3. The Hall–Kier alpha value is -3.34. The molecule has 0 saturated carbocycles. The lowest BCUT2D eigenvalue weighted by Gasteiger charge is -2.22. The molecule has 0 bridgehead atoms. The van der Waals surface area contributed by atoms with E-state index < -0.39 is 0 Å². The average Bonchev–Trinajstić information content (AvgIpc) is 3.20. The summed E-state index contributed by atoms with van der Waals surface area (Å²) < 4.78 is 5.43. The molecule has 1 aromatic heterocycles. The fourth-order valence-corrected chi connectivity index (χ4v) is 2.77. The molecule has 138 valence electrons. The molecule has 2 amide bonds. The van der Waals surface area contributed by atoms with Gasteiger partial charge in [0.15, 0.2) is 0 Å². The quantitative estimate of drug-likeness (QED) is 0.696. The number of amides is 2. The predicted octanol–water partition coefficient (Wildman–Crippen LogP) is 3.76. The summed E-state index contributed by atoms with van der Waals surface area (Å²) in [4.78, 5) is 25.9. The maximum atomic E-state index is 13.1. The topological polar surface area (TPSA) is 62.6 Å². The second-order valence-electron chi connectivity index (χ2n) is 6.33. The van der Waals surface area contributed by atoms with Crippen molar-refractivity contribution in [1.82, 2.24) is 10.2 Å². The zero-order valence-corrected chi connectivity index (χ0v) is 15.2. The molecule has 0 fully saturated rings. The summed E-state index contributed by atoms with van der Waals surface area (Å²) in [5, 5.41) is 2.75. The van der Waals surface area contributed by atoms with E-state index in [1.807, 2.05) is 54.6 Å². The first-order valence-corrected chi connectivity index (χ1v) is 8.81. The first-order chi connectivity index (χ1) is 13.1. The van der Waals surface area contributed by atoms with Crippen molar-refractivity contribution in [2.45, 2.75) is 26.6 Å². The van der Waals surface area contributed by atoms with Crippen LogP contribution in [-0.4, -0.2) is 16.7 Å². The van der Waals surface area contributed by atoms with Gasteiger partial charge in [-0.3, -0.25) is 9.59 Å². The highest BCUT2D eigenvalue weighted by molar-refractivity contribution is 5.94. The van der Waals surface area contributed by atoms with Crippen LogP contribution in [0, 0.1) is 0 Å². The number of carbonyl (C=O) groups excluding carboxylic acids is 2. The van der Waals surface area contributed by atoms with Crippen LogP contribution in [0.25, 0.3) is 0 Å². The SMILES string of the molecule is CC(=O)NCc1ccc(C(=O)N(Cc2ccccc2)Cc2ccco2)cc1.